The molecule has 1 spiro atoms. The van der Waals surface area contributed by atoms with Gasteiger partial charge in [-0.25, -0.2) is 9.97 Å². The Bertz CT molecular complexity index is 1550. The molecule has 3 aliphatic heterocycles. The highest BCUT2D eigenvalue weighted by molar-refractivity contribution is 6.05. The van der Waals surface area contributed by atoms with E-state index in [1.807, 2.05) is 18.2 Å². The number of hydrogen-bond donors (Lipinski definition) is 3. The first-order valence-electron chi connectivity index (χ1n) is 14.5. The number of piperazine rings is 1. The standard InChI is InChI=1S/C32H35N7O2/c1-38-12-6-32(7-13-38)19-28(40)25-3-2-21(16-27(25)32)24-5-9-35-30-26(24)18-23(20-36-30)37-31(41)22-4-8-34-29(17-22)39-14-10-33-11-15-39/h2-5,8,16-18,20,33H,6-7,9-15,19H2,1H3,(H,35,36)(H,37,41). The Hall–Kier alpha value is -4.08. The van der Waals surface area contributed by atoms with Gasteiger partial charge in [0.1, 0.15) is 11.6 Å². The molecule has 0 bridgehead atoms. The second-order valence-corrected chi connectivity index (χ2v) is 11.7. The number of nitrogens with zero attached hydrogens (tertiary/aromatic N) is 4. The van der Waals surface area contributed by atoms with Gasteiger partial charge in [-0.05, 0) is 73.9 Å². The molecule has 2 saturated heterocycles. The minimum Gasteiger partial charge on any atom is -0.366 e. The van der Waals surface area contributed by atoms with Gasteiger partial charge in [0, 0.05) is 67.4 Å². The van der Waals surface area contributed by atoms with Gasteiger partial charge >= 0.3 is 0 Å². The summed E-state index contributed by atoms with van der Waals surface area (Å²) in [5.41, 5.74) is 6.30. The van der Waals surface area contributed by atoms with E-state index in [0.717, 1.165) is 86.0 Å². The van der Waals surface area contributed by atoms with E-state index in [1.165, 1.54) is 5.56 Å². The van der Waals surface area contributed by atoms with Crippen LogP contribution in [0.3, 0.4) is 0 Å². The second-order valence-electron chi connectivity index (χ2n) is 11.7. The Morgan fingerprint density at radius 3 is 2.66 bits per heavy atom. The summed E-state index contributed by atoms with van der Waals surface area (Å²) < 4.78 is 0. The summed E-state index contributed by atoms with van der Waals surface area (Å²) in [4.78, 5) is 39.9. The highest BCUT2D eigenvalue weighted by Gasteiger charge is 2.44. The van der Waals surface area contributed by atoms with Gasteiger partial charge in [0.05, 0.1) is 11.9 Å². The number of benzene rings is 1. The largest absolute Gasteiger partial charge is 0.366 e. The van der Waals surface area contributed by atoms with E-state index in [-0.39, 0.29) is 17.1 Å². The second kappa shape index (κ2) is 10.4. The van der Waals surface area contributed by atoms with Crippen molar-refractivity contribution in [1.29, 1.82) is 0 Å². The van der Waals surface area contributed by atoms with Crippen LogP contribution in [-0.4, -0.2) is 79.4 Å². The van der Waals surface area contributed by atoms with Crippen LogP contribution in [0.5, 0.6) is 0 Å². The zero-order chi connectivity index (χ0) is 28.0. The van der Waals surface area contributed by atoms with Gasteiger partial charge in [0.2, 0.25) is 0 Å². The molecule has 4 aliphatic rings. The number of carbonyl (C=O) groups excluding carboxylic acids is 2. The van der Waals surface area contributed by atoms with E-state index in [4.69, 9.17) is 0 Å². The highest BCUT2D eigenvalue weighted by atomic mass is 16.1. The fourth-order valence-corrected chi connectivity index (χ4v) is 6.73. The van der Waals surface area contributed by atoms with E-state index < -0.39 is 0 Å². The number of Topliss-reactive ketones (excluding diaryl/α,β-unsaturated/α-hetero) is 1. The van der Waals surface area contributed by atoms with Crippen LogP contribution in [0.2, 0.25) is 0 Å². The molecule has 0 atom stereocenters. The molecule has 1 aromatic carbocycles. The van der Waals surface area contributed by atoms with Gasteiger partial charge in [-0.1, -0.05) is 18.2 Å². The average Bonchev–Trinajstić information content (AvgIpc) is 3.29. The minimum absolute atomic E-state index is 0.0621. The fraction of sp³-hybridized carbons (Fsp3) is 0.375. The lowest BCUT2D eigenvalue weighted by atomic mass is 9.73. The Balaban J connectivity index is 1.16. The average molecular weight is 550 g/mol. The number of fused-ring (bicyclic) bond motifs is 3. The van der Waals surface area contributed by atoms with Crippen LogP contribution < -0.4 is 20.9 Å². The van der Waals surface area contributed by atoms with Gasteiger partial charge < -0.3 is 25.8 Å². The number of rotatable bonds is 4. The Labute approximate surface area is 240 Å². The molecule has 3 N–H and O–H groups in total. The predicted molar refractivity (Wildman–Crippen MR) is 161 cm³/mol. The van der Waals surface area contributed by atoms with Crippen molar-refractivity contribution in [2.45, 2.75) is 24.7 Å². The number of anilines is 3. The molecular weight excluding hydrogens is 514 g/mol. The quantitative estimate of drug-likeness (QED) is 0.454. The third kappa shape index (κ3) is 4.79. The van der Waals surface area contributed by atoms with E-state index in [1.54, 1.807) is 18.5 Å². The molecule has 5 heterocycles. The Morgan fingerprint density at radius 1 is 1.00 bits per heavy atom. The van der Waals surface area contributed by atoms with Crippen LogP contribution in [0.1, 0.15) is 56.7 Å². The molecule has 9 nitrogen and oxygen atoms in total. The number of pyridine rings is 2. The van der Waals surface area contributed by atoms with Crippen molar-refractivity contribution in [3.8, 4) is 0 Å². The van der Waals surface area contributed by atoms with Crippen molar-refractivity contribution < 1.29 is 9.59 Å². The molecule has 9 heteroatoms. The number of carbonyl (C=O) groups is 2. The van der Waals surface area contributed by atoms with Gasteiger partial charge in [-0.2, -0.15) is 0 Å². The molecule has 0 radical (unpaired) electrons. The topological polar surface area (TPSA) is 102 Å². The van der Waals surface area contributed by atoms with Gasteiger partial charge in [-0.3, -0.25) is 9.59 Å². The molecule has 2 aromatic heterocycles. The van der Waals surface area contributed by atoms with Gasteiger partial charge in [-0.15, -0.1) is 0 Å². The van der Waals surface area contributed by atoms with Crippen molar-refractivity contribution in [3.05, 3.63) is 82.7 Å². The molecule has 0 unspecified atom stereocenters. The SMILES string of the molecule is CN1CCC2(CC1)CC(=O)c1ccc(C3=CCNc4ncc(NC(=O)c5ccnc(N6CCNCC6)c5)cc43)cc12. The van der Waals surface area contributed by atoms with Gasteiger partial charge in [0.25, 0.3) is 5.91 Å². The lowest BCUT2D eigenvalue weighted by Crippen LogP contribution is -2.43. The number of likely N-dealkylation sites (tertiary alicyclic amines) is 1. The van der Waals surface area contributed by atoms with Crippen LogP contribution in [0, 0.1) is 0 Å². The van der Waals surface area contributed by atoms with Crippen molar-refractivity contribution in [2.75, 3.05) is 68.4 Å². The number of aromatic nitrogens is 2. The van der Waals surface area contributed by atoms with Crippen LogP contribution >= 0.6 is 0 Å². The molecule has 7 rings (SSSR count). The summed E-state index contributed by atoms with van der Waals surface area (Å²) in [6.45, 7) is 6.22. The highest BCUT2D eigenvalue weighted by Crippen LogP contribution is 2.47. The van der Waals surface area contributed by atoms with Crippen molar-refractivity contribution in [3.63, 3.8) is 0 Å². The smallest absolute Gasteiger partial charge is 0.255 e. The van der Waals surface area contributed by atoms with Crippen molar-refractivity contribution in [1.82, 2.24) is 20.2 Å². The number of hydrogen-bond acceptors (Lipinski definition) is 8. The van der Waals surface area contributed by atoms with E-state index >= 15 is 0 Å². The zero-order valence-corrected chi connectivity index (χ0v) is 23.4. The van der Waals surface area contributed by atoms with Gasteiger partial charge in [0.15, 0.2) is 5.78 Å². The monoisotopic (exact) mass is 549 g/mol. The predicted octanol–water partition coefficient (Wildman–Crippen LogP) is 3.55. The van der Waals surface area contributed by atoms with E-state index in [2.05, 4.69) is 61.0 Å². The fourth-order valence-electron chi connectivity index (χ4n) is 6.73. The van der Waals surface area contributed by atoms with Crippen molar-refractivity contribution in [2.24, 2.45) is 0 Å². The van der Waals surface area contributed by atoms with Crippen LogP contribution in [0.25, 0.3) is 5.57 Å². The lowest BCUT2D eigenvalue weighted by Gasteiger charge is -2.38. The summed E-state index contributed by atoms with van der Waals surface area (Å²) in [6.07, 6.45) is 8.17. The van der Waals surface area contributed by atoms with E-state index in [9.17, 15) is 9.59 Å². The van der Waals surface area contributed by atoms with Crippen molar-refractivity contribution >= 4 is 34.6 Å². The third-order valence-corrected chi connectivity index (χ3v) is 9.11. The first-order chi connectivity index (χ1) is 20.0. The van der Waals surface area contributed by atoms with Crippen LogP contribution in [-0.2, 0) is 5.41 Å². The molecule has 41 heavy (non-hydrogen) atoms. The molecule has 0 saturated carbocycles. The Kier molecular flexibility index (Phi) is 6.55. The van der Waals surface area contributed by atoms with Crippen LogP contribution in [0.15, 0.2) is 54.9 Å². The summed E-state index contributed by atoms with van der Waals surface area (Å²) in [5, 5.41) is 9.75. The maximum atomic E-state index is 13.3. The molecule has 1 amide bonds. The first kappa shape index (κ1) is 25.9. The number of nitrogens with one attached hydrogen (secondary N) is 3. The number of ketones is 1. The summed E-state index contributed by atoms with van der Waals surface area (Å²) in [7, 11) is 2.15. The third-order valence-electron chi connectivity index (χ3n) is 9.11. The lowest BCUT2D eigenvalue weighted by molar-refractivity contribution is 0.0945. The van der Waals surface area contributed by atoms with E-state index in [0.29, 0.717) is 24.2 Å². The molecule has 3 aromatic rings. The molecular formula is C32H35N7O2. The maximum absolute atomic E-state index is 13.3. The number of piperidine rings is 1. The number of amides is 1. The maximum Gasteiger partial charge on any atom is 0.255 e. The molecule has 1 aliphatic carbocycles. The first-order valence-corrected chi connectivity index (χ1v) is 14.5. The molecule has 2 fully saturated rings. The Morgan fingerprint density at radius 2 is 1.83 bits per heavy atom. The summed E-state index contributed by atoms with van der Waals surface area (Å²) >= 11 is 0. The summed E-state index contributed by atoms with van der Waals surface area (Å²) in [5.74, 6) is 1.67. The minimum atomic E-state index is -0.194. The van der Waals surface area contributed by atoms with Crippen LogP contribution in [0.4, 0.5) is 17.3 Å². The molecule has 210 valence electrons. The zero-order valence-electron chi connectivity index (χ0n) is 23.4. The summed E-state index contributed by atoms with van der Waals surface area (Å²) in [6, 6.07) is 11.9. The normalized spacial score (nSPS) is 19.8.